The number of aliphatic hydroxyl groups excluding tert-OH is 1. The Hall–Kier alpha value is -1.78. The summed E-state index contributed by atoms with van der Waals surface area (Å²) in [6, 6.07) is 13.2. The van der Waals surface area contributed by atoms with E-state index in [1.165, 1.54) is 0 Å². The molecule has 2 rings (SSSR count). The molecule has 0 amide bonds. The first-order chi connectivity index (χ1) is 9.28. The van der Waals surface area contributed by atoms with Crippen molar-refractivity contribution in [2.75, 3.05) is 13.2 Å². The molecule has 102 valence electrons. The van der Waals surface area contributed by atoms with E-state index in [2.05, 4.69) is 5.32 Å². The van der Waals surface area contributed by atoms with Gasteiger partial charge in [-0.25, -0.2) is 0 Å². The average molecular weight is 261 g/mol. The first-order valence-electron chi connectivity index (χ1n) is 6.41. The van der Waals surface area contributed by atoms with E-state index in [-0.39, 0.29) is 12.5 Å². The van der Waals surface area contributed by atoms with Crippen LogP contribution in [0, 0.1) is 5.92 Å². The summed E-state index contributed by atoms with van der Waals surface area (Å²) in [4.78, 5) is 0. The third-order valence-corrected chi connectivity index (χ3v) is 2.70. The van der Waals surface area contributed by atoms with Crippen LogP contribution in [0.4, 0.5) is 0 Å². The minimum Gasteiger partial charge on any atom is -0.429 e. The normalized spacial score (nSPS) is 12.3. The summed E-state index contributed by atoms with van der Waals surface area (Å²) >= 11 is 0. The van der Waals surface area contributed by atoms with Crippen LogP contribution in [0.15, 0.2) is 46.9 Å². The number of benzene rings is 1. The van der Waals surface area contributed by atoms with Crippen LogP contribution in [0.1, 0.15) is 12.7 Å². The Balaban J connectivity index is 1.82. The molecule has 2 aromatic rings. The quantitative estimate of drug-likeness (QED) is 0.804. The maximum absolute atomic E-state index is 8.92. The molecule has 4 heteroatoms. The van der Waals surface area contributed by atoms with Gasteiger partial charge in [0.15, 0.2) is 0 Å². The molecule has 0 saturated heterocycles. The van der Waals surface area contributed by atoms with Crippen LogP contribution in [0.5, 0.6) is 11.7 Å². The fraction of sp³-hybridized carbons (Fsp3) is 0.333. The smallest absolute Gasteiger partial charge is 0.290 e. The molecular formula is C15H19NO3. The van der Waals surface area contributed by atoms with Crippen LogP contribution < -0.4 is 10.1 Å². The SMILES string of the molecule is CC(CO)CNCc1ccc(Oc2ccccc2)o1. The van der Waals surface area contributed by atoms with Gasteiger partial charge in [-0.1, -0.05) is 25.1 Å². The van der Waals surface area contributed by atoms with Gasteiger partial charge in [-0.15, -0.1) is 0 Å². The van der Waals surface area contributed by atoms with Gasteiger partial charge < -0.3 is 19.6 Å². The topological polar surface area (TPSA) is 54.6 Å². The van der Waals surface area contributed by atoms with E-state index in [0.29, 0.717) is 12.5 Å². The van der Waals surface area contributed by atoms with E-state index >= 15 is 0 Å². The number of furan rings is 1. The highest BCUT2D eigenvalue weighted by Crippen LogP contribution is 2.23. The largest absolute Gasteiger partial charge is 0.429 e. The number of para-hydroxylation sites is 1. The molecule has 1 heterocycles. The Kier molecular flexibility index (Phi) is 5.01. The molecule has 0 aliphatic rings. The van der Waals surface area contributed by atoms with Crippen LogP contribution in [-0.4, -0.2) is 18.3 Å². The van der Waals surface area contributed by atoms with E-state index in [4.69, 9.17) is 14.3 Å². The molecule has 1 atom stereocenters. The molecule has 0 aliphatic heterocycles. The van der Waals surface area contributed by atoms with Crippen LogP contribution in [-0.2, 0) is 6.54 Å². The lowest BCUT2D eigenvalue weighted by molar-refractivity contribution is 0.232. The lowest BCUT2D eigenvalue weighted by Crippen LogP contribution is -2.22. The first kappa shape index (κ1) is 13.6. The van der Waals surface area contributed by atoms with Gasteiger partial charge in [0.25, 0.3) is 5.95 Å². The van der Waals surface area contributed by atoms with E-state index in [9.17, 15) is 0 Å². The van der Waals surface area contributed by atoms with E-state index in [1.807, 2.05) is 43.3 Å². The van der Waals surface area contributed by atoms with E-state index in [1.54, 1.807) is 6.07 Å². The minimum atomic E-state index is 0.188. The molecule has 1 unspecified atom stereocenters. The molecule has 4 nitrogen and oxygen atoms in total. The number of rotatable bonds is 7. The maximum atomic E-state index is 8.92. The van der Waals surface area contributed by atoms with Gasteiger partial charge in [-0.05, 0) is 24.1 Å². The van der Waals surface area contributed by atoms with Gasteiger partial charge in [0.1, 0.15) is 11.5 Å². The number of hydrogen-bond donors (Lipinski definition) is 2. The molecule has 19 heavy (non-hydrogen) atoms. The second kappa shape index (κ2) is 6.97. The predicted molar refractivity (Wildman–Crippen MR) is 73.2 cm³/mol. The highest BCUT2D eigenvalue weighted by atomic mass is 16.6. The number of ether oxygens (including phenoxy) is 1. The van der Waals surface area contributed by atoms with Crippen molar-refractivity contribution in [1.29, 1.82) is 0 Å². The minimum absolute atomic E-state index is 0.188. The predicted octanol–water partition coefficient (Wildman–Crippen LogP) is 2.79. The summed E-state index contributed by atoms with van der Waals surface area (Å²) < 4.78 is 11.1. The van der Waals surface area contributed by atoms with Gasteiger partial charge in [0, 0.05) is 19.2 Å². The summed E-state index contributed by atoms with van der Waals surface area (Å²) in [6.45, 7) is 3.56. The second-order valence-corrected chi connectivity index (χ2v) is 4.55. The fourth-order valence-corrected chi connectivity index (χ4v) is 1.62. The highest BCUT2D eigenvalue weighted by molar-refractivity contribution is 5.26. The Morgan fingerprint density at radius 1 is 1.21 bits per heavy atom. The number of hydrogen-bond acceptors (Lipinski definition) is 4. The molecule has 2 N–H and O–H groups in total. The Morgan fingerprint density at radius 3 is 2.74 bits per heavy atom. The third kappa shape index (κ3) is 4.43. The molecule has 1 aromatic heterocycles. The van der Waals surface area contributed by atoms with E-state index in [0.717, 1.165) is 18.1 Å². The van der Waals surface area contributed by atoms with Gasteiger partial charge in [0.05, 0.1) is 6.54 Å². The molecule has 0 fully saturated rings. The van der Waals surface area contributed by atoms with Crippen molar-refractivity contribution in [3.63, 3.8) is 0 Å². The van der Waals surface area contributed by atoms with Crippen molar-refractivity contribution in [1.82, 2.24) is 5.32 Å². The lowest BCUT2D eigenvalue weighted by Gasteiger charge is -2.07. The molecule has 0 bridgehead atoms. The number of aliphatic hydroxyl groups is 1. The zero-order valence-electron chi connectivity index (χ0n) is 11.0. The van der Waals surface area contributed by atoms with Gasteiger partial charge >= 0.3 is 0 Å². The number of nitrogens with one attached hydrogen (secondary N) is 1. The summed E-state index contributed by atoms with van der Waals surface area (Å²) in [5, 5.41) is 12.1. The van der Waals surface area contributed by atoms with Crippen molar-refractivity contribution >= 4 is 0 Å². The molecule has 0 aliphatic carbocycles. The van der Waals surface area contributed by atoms with Crippen molar-refractivity contribution in [3.05, 3.63) is 48.2 Å². The van der Waals surface area contributed by atoms with Crippen LogP contribution in [0.25, 0.3) is 0 Å². The Bertz CT molecular complexity index is 481. The van der Waals surface area contributed by atoms with Crippen LogP contribution in [0.3, 0.4) is 0 Å². The highest BCUT2D eigenvalue weighted by Gasteiger charge is 2.05. The zero-order valence-corrected chi connectivity index (χ0v) is 11.0. The summed E-state index contributed by atoms with van der Waals surface area (Å²) in [5.74, 6) is 2.30. The van der Waals surface area contributed by atoms with E-state index < -0.39 is 0 Å². The standard InChI is InChI=1S/C15H19NO3/c1-12(11-17)9-16-10-14-7-8-15(19-14)18-13-5-3-2-4-6-13/h2-8,12,16-17H,9-11H2,1H3. The molecule has 1 aromatic carbocycles. The zero-order chi connectivity index (χ0) is 13.5. The summed E-state index contributed by atoms with van der Waals surface area (Å²) in [7, 11) is 0. The molecule has 0 spiro atoms. The maximum Gasteiger partial charge on any atom is 0.290 e. The van der Waals surface area contributed by atoms with Gasteiger partial charge in [-0.3, -0.25) is 0 Å². The van der Waals surface area contributed by atoms with Crippen molar-refractivity contribution in [2.24, 2.45) is 5.92 Å². The molecule has 0 radical (unpaired) electrons. The van der Waals surface area contributed by atoms with Crippen LogP contribution >= 0.6 is 0 Å². The van der Waals surface area contributed by atoms with Crippen molar-refractivity contribution < 1.29 is 14.3 Å². The summed E-state index contributed by atoms with van der Waals surface area (Å²) in [6.07, 6.45) is 0. The fourth-order valence-electron chi connectivity index (χ4n) is 1.62. The lowest BCUT2D eigenvalue weighted by atomic mass is 10.2. The Labute approximate surface area is 113 Å². The third-order valence-electron chi connectivity index (χ3n) is 2.70. The first-order valence-corrected chi connectivity index (χ1v) is 6.41. The Morgan fingerprint density at radius 2 is 2.00 bits per heavy atom. The van der Waals surface area contributed by atoms with Gasteiger partial charge in [0.2, 0.25) is 0 Å². The molecule has 0 saturated carbocycles. The van der Waals surface area contributed by atoms with Crippen LogP contribution in [0.2, 0.25) is 0 Å². The van der Waals surface area contributed by atoms with Crippen molar-refractivity contribution in [2.45, 2.75) is 13.5 Å². The van der Waals surface area contributed by atoms with Crippen molar-refractivity contribution in [3.8, 4) is 11.7 Å². The van der Waals surface area contributed by atoms with Gasteiger partial charge in [-0.2, -0.15) is 0 Å². The molecular weight excluding hydrogens is 242 g/mol. The monoisotopic (exact) mass is 261 g/mol. The summed E-state index contributed by atoms with van der Waals surface area (Å²) in [5.41, 5.74) is 0. The average Bonchev–Trinajstić information content (AvgIpc) is 2.87. The second-order valence-electron chi connectivity index (χ2n) is 4.55.